The van der Waals surface area contributed by atoms with Crippen molar-refractivity contribution < 1.29 is 17.9 Å². The summed E-state index contributed by atoms with van der Waals surface area (Å²) in [5.41, 5.74) is 1.95. The molecule has 0 aliphatic heterocycles. The van der Waals surface area contributed by atoms with E-state index in [1.807, 2.05) is 26.0 Å². The minimum Gasteiger partial charge on any atom is -0.476 e. The molecular formula is C16H21N3O4S. The molecule has 1 heterocycles. The average molecular weight is 351 g/mol. The number of aromatic nitrogens is 2. The highest BCUT2D eigenvalue weighted by atomic mass is 32.2. The first-order valence-corrected chi connectivity index (χ1v) is 9.27. The summed E-state index contributed by atoms with van der Waals surface area (Å²) in [4.78, 5) is 8.05. The summed E-state index contributed by atoms with van der Waals surface area (Å²) in [5, 5.41) is 0. The number of nitrogens with one attached hydrogen (secondary N) is 1. The largest absolute Gasteiger partial charge is 0.476 e. The molecule has 0 saturated carbocycles. The van der Waals surface area contributed by atoms with E-state index in [0.717, 1.165) is 5.56 Å². The smallest absolute Gasteiger partial charge is 0.319 e. The molecule has 24 heavy (non-hydrogen) atoms. The maximum atomic E-state index is 12.4. The van der Waals surface area contributed by atoms with Gasteiger partial charge in [-0.1, -0.05) is 29.8 Å². The van der Waals surface area contributed by atoms with E-state index in [1.165, 1.54) is 6.20 Å². The first-order valence-electron chi connectivity index (χ1n) is 7.62. The number of hydrogen-bond acceptors (Lipinski definition) is 6. The third-order valence-corrected chi connectivity index (χ3v) is 4.27. The lowest BCUT2D eigenvalue weighted by Crippen LogP contribution is -2.17. The molecule has 1 aromatic carbocycles. The zero-order valence-corrected chi connectivity index (χ0v) is 14.8. The summed E-state index contributed by atoms with van der Waals surface area (Å²) in [6, 6.07) is 7.45. The van der Waals surface area contributed by atoms with Gasteiger partial charge in [-0.2, -0.15) is 4.98 Å². The molecule has 0 unspecified atom stereocenters. The second-order valence-electron chi connectivity index (χ2n) is 5.08. The maximum Gasteiger partial charge on any atom is 0.319 e. The van der Waals surface area contributed by atoms with E-state index in [9.17, 15) is 8.42 Å². The number of nitrogens with zero attached hydrogens (tertiary/aromatic N) is 2. The number of ether oxygens (including phenoxy) is 2. The zero-order chi connectivity index (χ0) is 17.6. The van der Waals surface area contributed by atoms with Crippen LogP contribution in [0.1, 0.15) is 25.0 Å². The normalized spacial score (nSPS) is 11.1. The summed E-state index contributed by atoms with van der Waals surface area (Å²) < 4.78 is 37.8. The Labute approximate surface area is 142 Å². The van der Waals surface area contributed by atoms with E-state index in [2.05, 4.69) is 14.7 Å². The number of rotatable bonds is 8. The van der Waals surface area contributed by atoms with Crippen molar-refractivity contribution in [3.63, 3.8) is 0 Å². The monoisotopic (exact) mass is 351 g/mol. The molecule has 2 aromatic rings. The van der Waals surface area contributed by atoms with Gasteiger partial charge < -0.3 is 9.47 Å². The van der Waals surface area contributed by atoms with Crippen LogP contribution in [0.2, 0.25) is 0 Å². The van der Waals surface area contributed by atoms with Crippen LogP contribution in [0, 0.1) is 6.92 Å². The fourth-order valence-corrected chi connectivity index (χ4v) is 3.15. The SMILES string of the molecule is CCOc1ncc(NS(=O)(=O)Cc2ccc(C)cc2)c(OCC)n1. The molecule has 0 atom stereocenters. The Balaban J connectivity index is 2.19. The quantitative estimate of drug-likeness (QED) is 0.786. The van der Waals surface area contributed by atoms with Gasteiger partial charge in [0.05, 0.1) is 25.2 Å². The van der Waals surface area contributed by atoms with Gasteiger partial charge in [-0.05, 0) is 26.3 Å². The Kier molecular flexibility index (Phi) is 5.97. The van der Waals surface area contributed by atoms with Crippen LogP contribution < -0.4 is 14.2 Å². The Hall–Kier alpha value is -2.35. The van der Waals surface area contributed by atoms with Crippen molar-refractivity contribution in [3.8, 4) is 11.9 Å². The fraction of sp³-hybridized carbons (Fsp3) is 0.375. The second kappa shape index (κ2) is 7.96. The molecule has 0 bridgehead atoms. The number of sulfonamides is 1. The molecule has 0 saturated heterocycles. The highest BCUT2D eigenvalue weighted by Gasteiger charge is 2.17. The van der Waals surface area contributed by atoms with E-state index in [0.29, 0.717) is 18.8 Å². The Morgan fingerprint density at radius 1 is 1.08 bits per heavy atom. The molecule has 1 N–H and O–H groups in total. The van der Waals surface area contributed by atoms with Crippen molar-refractivity contribution in [3.05, 3.63) is 41.6 Å². The lowest BCUT2D eigenvalue weighted by molar-refractivity contribution is 0.290. The molecule has 7 nitrogen and oxygen atoms in total. The van der Waals surface area contributed by atoms with E-state index < -0.39 is 10.0 Å². The zero-order valence-electron chi connectivity index (χ0n) is 13.9. The van der Waals surface area contributed by atoms with Gasteiger partial charge in [0, 0.05) is 0 Å². The van der Waals surface area contributed by atoms with Crippen molar-refractivity contribution in [2.45, 2.75) is 26.5 Å². The topological polar surface area (TPSA) is 90.4 Å². The first-order chi connectivity index (χ1) is 11.4. The molecule has 0 amide bonds. The lowest BCUT2D eigenvalue weighted by atomic mass is 10.2. The Bertz CT molecular complexity index is 776. The van der Waals surface area contributed by atoms with Crippen LogP contribution in [0.5, 0.6) is 11.9 Å². The predicted molar refractivity (Wildman–Crippen MR) is 91.8 cm³/mol. The highest BCUT2D eigenvalue weighted by Crippen LogP contribution is 2.25. The lowest BCUT2D eigenvalue weighted by Gasteiger charge is -2.12. The van der Waals surface area contributed by atoms with Gasteiger partial charge in [0.25, 0.3) is 0 Å². The minimum absolute atomic E-state index is 0.141. The summed E-state index contributed by atoms with van der Waals surface area (Å²) >= 11 is 0. The molecule has 0 aliphatic rings. The van der Waals surface area contributed by atoms with E-state index >= 15 is 0 Å². The highest BCUT2D eigenvalue weighted by molar-refractivity contribution is 7.91. The van der Waals surface area contributed by atoms with E-state index in [-0.39, 0.29) is 23.3 Å². The van der Waals surface area contributed by atoms with Crippen LogP contribution >= 0.6 is 0 Å². The van der Waals surface area contributed by atoms with E-state index in [1.54, 1.807) is 19.1 Å². The number of benzene rings is 1. The van der Waals surface area contributed by atoms with Gasteiger partial charge in [0.15, 0.2) is 0 Å². The molecule has 0 fully saturated rings. The summed E-state index contributed by atoms with van der Waals surface area (Å²) in [5.74, 6) is -0.00470. The van der Waals surface area contributed by atoms with Crippen molar-refractivity contribution in [1.82, 2.24) is 9.97 Å². The van der Waals surface area contributed by atoms with Crippen molar-refractivity contribution in [2.24, 2.45) is 0 Å². The number of aryl methyl sites for hydroxylation is 1. The Morgan fingerprint density at radius 3 is 2.38 bits per heavy atom. The molecule has 0 aliphatic carbocycles. The van der Waals surface area contributed by atoms with Gasteiger partial charge >= 0.3 is 6.01 Å². The molecular weight excluding hydrogens is 330 g/mol. The number of hydrogen-bond donors (Lipinski definition) is 1. The third kappa shape index (κ3) is 5.09. The van der Waals surface area contributed by atoms with Crippen LogP contribution in [-0.2, 0) is 15.8 Å². The summed E-state index contributed by atoms with van der Waals surface area (Å²) in [7, 11) is -3.62. The maximum absolute atomic E-state index is 12.4. The van der Waals surface area contributed by atoms with E-state index in [4.69, 9.17) is 9.47 Å². The van der Waals surface area contributed by atoms with Crippen LogP contribution in [0.25, 0.3) is 0 Å². The molecule has 1 aromatic heterocycles. The molecule has 130 valence electrons. The van der Waals surface area contributed by atoms with Crippen LogP contribution in [0.4, 0.5) is 5.69 Å². The fourth-order valence-electron chi connectivity index (χ4n) is 1.97. The van der Waals surface area contributed by atoms with Crippen molar-refractivity contribution >= 4 is 15.7 Å². The van der Waals surface area contributed by atoms with Gasteiger partial charge in [0.2, 0.25) is 15.9 Å². The number of anilines is 1. The summed E-state index contributed by atoms with van der Waals surface area (Å²) in [6.07, 6.45) is 1.34. The average Bonchev–Trinajstić information content (AvgIpc) is 2.52. The van der Waals surface area contributed by atoms with Crippen LogP contribution in [-0.4, -0.2) is 31.6 Å². The van der Waals surface area contributed by atoms with Gasteiger partial charge in [-0.25, -0.2) is 13.4 Å². The van der Waals surface area contributed by atoms with Crippen LogP contribution in [0.3, 0.4) is 0 Å². The molecule has 2 rings (SSSR count). The van der Waals surface area contributed by atoms with Crippen molar-refractivity contribution in [2.75, 3.05) is 17.9 Å². The first kappa shape index (κ1) is 18.0. The minimum atomic E-state index is -3.62. The van der Waals surface area contributed by atoms with Gasteiger partial charge in [0.1, 0.15) is 5.69 Å². The van der Waals surface area contributed by atoms with Gasteiger partial charge in [-0.3, -0.25) is 4.72 Å². The molecule has 8 heteroatoms. The van der Waals surface area contributed by atoms with Crippen molar-refractivity contribution in [1.29, 1.82) is 0 Å². The Morgan fingerprint density at radius 2 is 1.75 bits per heavy atom. The van der Waals surface area contributed by atoms with Crippen LogP contribution in [0.15, 0.2) is 30.5 Å². The molecule has 0 radical (unpaired) electrons. The summed E-state index contributed by atoms with van der Waals surface area (Å²) in [6.45, 7) is 6.29. The standard InChI is InChI=1S/C16H21N3O4S/c1-4-22-15-14(10-17-16(18-15)23-5-2)19-24(20,21)11-13-8-6-12(3)7-9-13/h6-10,19H,4-5,11H2,1-3H3. The third-order valence-electron chi connectivity index (χ3n) is 3.03. The molecule has 0 spiro atoms. The van der Waals surface area contributed by atoms with Gasteiger partial charge in [-0.15, -0.1) is 0 Å². The second-order valence-corrected chi connectivity index (χ2v) is 6.81. The predicted octanol–water partition coefficient (Wildman–Crippen LogP) is 2.52.